The molecule has 35 heavy (non-hydrogen) atoms. The summed E-state index contributed by atoms with van der Waals surface area (Å²) in [5.41, 5.74) is 3.11. The number of benzene rings is 2. The van der Waals surface area contributed by atoms with E-state index in [1.54, 1.807) is 56.9 Å². The summed E-state index contributed by atoms with van der Waals surface area (Å²) < 4.78 is 16.4. The predicted molar refractivity (Wildman–Crippen MR) is 131 cm³/mol. The number of para-hydroxylation sites is 1. The molecule has 0 aliphatic carbocycles. The van der Waals surface area contributed by atoms with Gasteiger partial charge in [-0.05, 0) is 48.4 Å². The molecule has 9 nitrogen and oxygen atoms in total. The van der Waals surface area contributed by atoms with Gasteiger partial charge in [-0.25, -0.2) is 4.79 Å². The molecule has 3 aromatic rings. The number of anilines is 1. The van der Waals surface area contributed by atoms with Crippen molar-refractivity contribution in [2.24, 2.45) is 5.10 Å². The van der Waals surface area contributed by atoms with E-state index in [0.29, 0.717) is 40.4 Å². The third-order valence-corrected chi connectivity index (χ3v) is 5.57. The van der Waals surface area contributed by atoms with Gasteiger partial charge in [-0.3, -0.25) is 9.78 Å². The quantitative estimate of drug-likeness (QED) is 0.516. The third kappa shape index (κ3) is 5.24. The van der Waals surface area contributed by atoms with Gasteiger partial charge in [0.25, 0.3) is 5.91 Å². The molecule has 0 bridgehead atoms. The molecule has 180 valence electrons. The Kier molecular flexibility index (Phi) is 7.25. The van der Waals surface area contributed by atoms with Gasteiger partial charge in [0.05, 0.1) is 20.8 Å². The Morgan fingerprint density at radius 1 is 1.06 bits per heavy atom. The van der Waals surface area contributed by atoms with E-state index in [-0.39, 0.29) is 12.5 Å². The van der Waals surface area contributed by atoms with Crippen LogP contribution in [-0.4, -0.2) is 48.0 Å². The van der Waals surface area contributed by atoms with Gasteiger partial charge >= 0.3 is 6.09 Å². The van der Waals surface area contributed by atoms with Crippen LogP contribution in [0.1, 0.15) is 34.8 Å². The Balaban J connectivity index is 1.63. The van der Waals surface area contributed by atoms with E-state index < -0.39 is 12.2 Å². The lowest BCUT2D eigenvalue weighted by Crippen LogP contribution is -2.41. The number of carbonyl (C=O) groups excluding carboxylic acids is 2. The minimum atomic E-state index is -0.559. The summed E-state index contributed by atoms with van der Waals surface area (Å²) in [5, 5.41) is 8.81. The lowest BCUT2D eigenvalue weighted by molar-refractivity contribution is 0.0713. The molecule has 0 spiro atoms. The summed E-state index contributed by atoms with van der Waals surface area (Å²) in [6.45, 7) is 2.03. The number of amides is 2. The molecule has 2 aromatic carbocycles. The van der Waals surface area contributed by atoms with Crippen LogP contribution in [0.3, 0.4) is 0 Å². The highest BCUT2D eigenvalue weighted by Crippen LogP contribution is 2.30. The number of hydrogen-bond acceptors (Lipinski definition) is 7. The third-order valence-electron chi connectivity index (χ3n) is 5.57. The summed E-state index contributed by atoms with van der Waals surface area (Å²) in [6, 6.07) is 15.9. The molecule has 1 aromatic heterocycles. The highest BCUT2D eigenvalue weighted by Gasteiger charge is 2.31. The van der Waals surface area contributed by atoms with Gasteiger partial charge in [0, 0.05) is 29.2 Å². The standard InChI is InChI=1S/C26H26N4O5/c1-4-21-24(18-9-10-22(33-2)23(15-18)34-3)29-30(26(32)35-21)16-19-7-5-6-8-20(19)28-25(31)17-11-13-27-14-12-17/h5-15,21H,4,16H2,1-3H3,(H,28,31). The molecule has 9 heteroatoms. The highest BCUT2D eigenvalue weighted by atomic mass is 16.6. The van der Waals surface area contributed by atoms with Crippen molar-refractivity contribution in [3.05, 3.63) is 83.7 Å². The molecule has 0 fully saturated rings. The number of nitrogens with one attached hydrogen (secondary N) is 1. The van der Waals surface area contributed by atoms with Gasteiger partial charge < -0.3 is 19.5 Å². The van der Waals surface area contributed by atoms with Crippen molar-refractivity contribution in [3.8, 4) is 11.5 Å². The SMILES string of the molecule is CCC1OC(=O)N(Cc2ccccc2NC(=O)c2ccncc2)N=C1c1ccc(OC)c(OC)c1. The number of aromatic nitrogens is 1. The second-order valence-electron chi connectivity index (χ2n) is 7.74. The van der Waals surface area contributed by atoms with Crippen molar-refractivity contribution < 1.29 is 23.8 Å². The summed E-state index contributed by atoms with van der Waals surface area (Å²) in [7, 11) is 3.13. The number of cyclic esters (lactones) is 1. The molecule has 0 radical (unpaired) electrons. The van der Waals surface area contributed by atoms with Crippen LogP contribution >= 0.6 is 0 Å². The first kappa shape index (κ1) is 23.7. The first-order chi connectivity index (χ1) is 17.0. The fourth-order valence-electron chi connectivity index (χ4n) is 3.73. The van der Waals surface area contributed by atoms with Crippen molar-refractivity contribution in [2.45, 2.75) is 26.0 Å². The van der Waals surface area contributed by atoms with Crippen molar-refractivity contribution in [3.63, 3.8) is 0 Å². The number of hydrazone groups is 1. The number of methoxy groups -OCH3 is 2. The molecule has 1 aliphatic rings. The molecule has 1 unspecified atom stereocenters. The maximum absolute atomic E-state index is 12.8. The average Bonchev–Trinajstić information content (AvgIpc) is 2.90. The average molecular weight is 475 g/mol. The fourth-order valence-corrected chi connectivity index (χ4v) is 3.73. The Morgan fingerprint density at radius 3 is 2.51 bits per heavy atom. The fraction of sp³-hybridized carbons (Fsp3) is 0.231. The first-order valence-electron chi connectivity index (χ1n) is 11.1. The zero-order chi connectivity index (χ0) is 24.8. The van der Waals surface area contributed by atoms with E-state index in [9.17, 15) is 9.59 Å². The number of hydrogen-bond donors (Lipinski definition) is 1. The summed E-state index contributed by atoms with van der Waals surface area (Å²) in [6.07, 6.45) is 2.61. The molecule has 1 aliphatic heterocycles. The van der Waals surface area contributed by atoms with Gasteiger partial charge in [0.1, 0.15) is 11.8 Å². The molecule has 1 N–H and O–H groups in total. The van der Waals surface area contributed by atoms with Crippen LogP contribution in [0, 0.1) is 0 Å². The number of carbonyl (C=O) groups is 2. The summed E-state index contributed by atoms with van der Waals surface area (Å²) >= 11 is 0. The summed E-state index contributed by atoms with van der Waals surface area (Å²) in [5.74, 6) is 0.866. The number of pyridine rings is 1. The Labute approximate surface area is 203 Å². The number of ether oxygens (including phenoxy) is 3. The zero-order valence-corrected chi connectivity index (χ0v) is 19.7. The monoisotopic (exact) mass is 474 g/mol. The van der Waals surface area contributed by atoms with Gasteiger partial charge in [-0.1, -0.05) is 25.1 Å². The van der Waals surface area contributed by atoms with Gasteiger partial charge in [0.15, 0.2) is 11.5 Å². The van der Waals surface area contributed by atoms with Crippen LogP contribution in [0.15, 0.2) is 72.1 Å². The van der Waals surface area contributed by atoms with E-state index in [1.165, 1.54) is 5.01 Å². The Morgan fingerprint density at radius 2 is 1.80 bits per heavy atom. The van der Waals surface area contributed by atoms with Crippen LogP contribution in [0.4, 0.5) is 10.5 Å². The number of rotatable bonds is 8. The maximum atomic E-state index is 12.8. The molecule has 2 heterocycles. The van der Waals surface area contributed by atoms with Crippen LogP contribution in [0.2, 0.25) is 0 Å². The lowest BCUT2D eigenvalue weighted by atomic mass is 10.0. The molecule has 1 atom stereocenters. The molecule has 2 amide bonds. The molecular weight excluding hydrogens is 448 g/mol. The largest absolute Gasteiger partial charge is 0.493 e. The van der Waals surface area contributed by atoms with Crippen LogP contribution in [0.5, 0.6) is 11.5 Å². The Bertz CT molecular complexity index is 1250. The van der Waals surface area contributed by atoms with E-state index in [2.05, 4.69) is 15.4 Å². The van der Waals surface area contributed by atoms with Gasteiger partial charge in [-0.15, -0.1) is 0 Å². The van der Waals surface area contributed by atoms with Crippen molar-refractivity contribution >= 4 is 23.4 Å². The molecule has 0 saturated heterocycles. The minimum absolute atomic E-state index is 0.110. The second-order valence-corrected chi connectivity index (χ2v) is 7.74. The van der Waals surface area contributed by atoms with Gasteiger partial charge in [-0.2, -0.15) is 10.1 Å². The van der Waals surface area contributed by atoms with E-state index in [0.717, 1.165) is 5.56 Å². The Hall–Kier alpha value is -4.40. The van der Waals surface area contributed by atoms with Crippen LogP contribution < -0.4 is 14.8 Å². The van der Waals surface area contributed by atoms with Crippen LogP contribution in [-0.2, 0) is 11.3 Å². The van der Waals surface area contributed by atoms with Crippen molar-refractivity contribution in [1.29, 1.82) is 0 Å². The van der Waals surface area contributed by atoms with E-state index >= 15 is 0 Å². The van der Waals surface area contributed by atoms with Crippen molar-refractivity contribution in [2.75, 3.05) is 19.5 Å². The molecule has 4 rings (SSSR count). The lowest BCUT2D eigenvalue weighted by Gasteiger charge is -2.30. The van der Waals surface area contributed by atoms with Gasteiger partial charge in [0.2, 0.25) is 0 Å². The minimum Gasteiger partial charge on any atom is -0.493 e. The smallest absolute Gasteiger partial charge is 0.431 e. The zero-order valence-electron chi connectivity index (χ0n) is 19.7. The van der Waals surface area contributed by atoms with Crippen LogP contribution in [0.25, 0.3) is 0 Å². The van der Waals surface area contributed by atoms with E-state index in [4.69, 9.17) is 14.2 Å². The van der Waals surface area contributed by atoms with Crippen molar-refractivity contribution in [1.82, 2.24) is 9.99 Å². The second kappa shape index (κ2) is 10.7. The maximum Gasteiger partial charge on any atom is 0.431 e. The molecule has 0 saturated carbocycles. The predicted octanol–water partition coefficient (Wildman–Crippen LogP) is 4.49. The highest BCUT2D eigenvalue weighted by molar-refractivity contribution is 6.06. The van der Waals surface area contributed by atoms with E-state index in [1.807, 2.05) is 31.2 Å². The first-order valence-corrected chi connectivity index (χ1v) is 11.1. The summed E-state index contributed by atoms with van der Waals surface area (Å²) in [4.78, 5) is 29.4. The topological polar surface area (TPSA) is 102 Å². The number of nitrogens with zero attached hydrogens (tertiary/aromatic N) is 3. The molecular formula is C26H26N4O5. The normalized spacial score (nSPS) is 15.2.